The van der Waals surface area contributed by atoms with E-state index in [0.717, 1.165) is 28.5 Å². The maximum absolute atomic E-state index is 4.65. The Morgan fingerprint density at radius 3 is 2.72 bits per heavy atom. The molecule has 0 aliphatic heterocycles. The quantitative estimate of drug-likeness (QED) is 0.920. The zero-order valence-corrected chi connectivity index (χ0v) is 12.1. The molecule has 0 bridgehead atoms. The van der Waals surface area contributed by atoms with Crippen LogP contribution in [0.25, 0.3) is 10.7 Å². The van der Waals surface area contributed by atoms with Gasteiger partial charge in [0.2, 0.25) is 0 Å². The highest BCUT2D eigenvalue weighted by molar-refractivity contribution is 7.13. The molecule has 0 amide bonds. The van der Waals surface area contributed by atoms with Crippen LogP contribution in [0.4, 0.5) is 0 Å². The summed E-state index contributed by atoms with van der Waals surface area (Å²) in [5, 5.41) is 5.51. The Labute approximate surface area is 112 Å². The molecule has 0 aromatic carbocycles. The van der Waals surface area contributed by atoms with Crippen molar-refractivity contribution >= 4 is 11.3 Å². The first-order valence-corrected chi connectivity index (χ1v) is 6.95. The van der Waals surface area contributed by atoms with Gasteiger partial charge in [0.25, 0.3) is 0 Å². The van der Waals surface area contributed by atoms with Crippen molar-refractivity contribution < 1.29 is 0 Å². The topological polar surface area (TPSA) is 37.8 Å². The van der Waals surface area contributed by atoms with Crippen LogP contribution < -0.4 is 5.32 Å². The lowest BCUT2D eigenvalue weighted by atomic mass is 10.1. The molecule has 2 rings (SSSR count). The van der Waals surface area contributed by atoms with E-state index in [4.69, 9.17) is 0 Å². The number of nitrogens with zero attached hydrogens (tertiary/aromatic N) is 2. The maximum Gasteiger partial charge on any atom is 0.169 e. The van der Waals surface area contributed by atoms with Gasteiger partial charge in [-0.15, -0.1) is 11.3 Å². The van der Waals surface area contributed by atoms with Crippen LogP contribution in [-0.4, -0.2) is 15.5 Å². The zero-order valence-electron chi connectivity index (χ0n) is 11.3. The van der Waals surface area contributed by atoms with Crippen LogP contribution in [0.5, 0.6) is 0 Å². The molecule has 2 aromatic heterocycles. The van der Waals surface area contributed by atoms with Crippen molar-refractivity contribution in [2.24, 2.45) is 0 Å². The SMILES string of the molecule is Cc1cnc(-c2cccs2)nc1CNC(C)(C)C. The molecule has 0 saturated carbocycles. The minimum atomic E-state index is 0.0977. The monoisotopic (exact) mass is 261 g/mol. The Morgan fingerprint density at radius 2 is 2.11 bits per heavy atom. The summed E-state index contributed by atoms with van der Waals surface area (Å²) in [6, 6.07) is 4.08. The summed E-state index contributed by atoms with van der Waals surface area (Å²) in [4.78, 5) is 10.2. The average Bonchev–Trinajstić information content (AvgIpc) is 2.80. The third kappa shape index (κ3) is 3.37. The minimum absolute atomic E-state index is 0.0977. The summed E-state index contributed by atoms with van der Waals surface area (Å²) in [5.74, 6) is 0.821. The average molecular weight is 261 g/mol. The van der Waals surface area contributed by atoms with Gasteiger partial charge in [0.05, 0.1) is 10.6 Å². The molecule has 0 unspecified atom stereocenters. The molecule has 0 radical (unpaired) electrons. The highest BCUT2D eigenvalue weighted by Gasteiger charge is 2.11. The van der Waals surface area contributed by atoms with E-state index in [0.29, 0.717) is 0 Å². The van der Waals surface area contributed by atoms with Gasteiger partial charge in [-0.25, -0.2) is 9.97 Å². The van der Waals surface area contributed by atoms with E-state index >= 15 is 0 Å². The van der Waals surface area contributed by atoms with E-state index in [1.165, 1.54) is 0 Å². The maximum atomic E-state index is 4.65. The van der Waals surface area contributed by atoms with Crippen molar-refractivity contribution in [1.82, 2.24) is 15.3 Å². The lowest BCUT2D eigenvalue weighted by molar-refractivity contribution is 0.420. The number of hydrogen-bond acceptors (Lipinski definition) is 4. The largest absolute Gasteiger partial charge is 0.306 e. The van der Waals surface area contributed by atoms with Crippen LogP contribution in [-0.2, 0) is 6.54 Å². The molecule has 0 spiro atoms. The number of nitrogens with one attached hydrogen (secondary N) is 1. The van der Waals surface area contributed by atoms with Crippen molar-refractivity contribution in [1.29, 1.82) is 0 Å². The van der Waals surface area contributed by atoms with Gasteiger partial charge >= 0.3 is 0 Å². The standard InChI is InChI=1S/C14H19N3S/c1-10-8-15-13(12-6-5-7-18-12)17-11(10)9-16-14(2,3)4/h5-8,16H,9H2,1-4H3. The van der Waals surface area contributed by atoms with Gasteiger partial charge in [-0.2, -0.15) is 0 Å². The van der Waals surface area contributed by atoms with Crippen LogP contribution >= 0.6 is 11.3 Å². The highest BCUT2D eigenvalue weighted by Crippen LogP contribution is 2.21. The molecule has 96 valence electrons. The first-order chi connectivity index (χ1) is 8.46. The fourth-order valence-corrected chi connectivity index (χ4v) is 2.19. The summed E-state index contributed by atoms with van der Waals surface area (Å²) >= 11 is 1.67. The summed E-state index contributed by atoms with van der Waals surface area (Å²) < 4.78 is 0. The third-order valence-corrected chi connectivity index (χ3v) is 3.47. The highest BCUT2D eigenvalue weighted by atomic mass is 32.1. The van der Waals surface area contributed by atoms with Crippen molar-refractivity contribution in [2.45, 2.75) is 39.8 Å². The van der Waals surface area contributed by atoms with Crippen LogP contribution in [0.15, 0.2) is 23.7 Å². The molecule has 0 atom stereocenters. The number of rotatable bonds is 3. The second-order valence-corrected chi connectivity index (χ2v) is 6.35. The van der Waals surface area contributed by atoms with Crippen LogP contribution in [0.2, 0.25) is 0 Å². The molecule has 18 heavy (non-hydrogen) atoms. The minimum Gasteiger partial charge on any atom is -0.306 e. The Morgan fingerprint density at radius 1 is 1.33 bits per heavy atom. The van der Waals surface area contributed by atoms with E-state index in [-0.39, 0.29) is 5.54 Å². The van der Waals surface area contributed by atoms with Gasteiger partial charge in [-0.3, -0.25) is 0 Å². The van der Waals surface area contributed by atoms with Crippen LogP contribution in [0.3, 0.4) is 0 Å². The normalized spacial score (nSPS) is 11.8. The van der Waals surface area contributed by atoms with Crippen molar-refractivity contribution in [3.63, 3.8) is 0 Å². The molecule has 0 aliphatic carbocycles. The van der Waals surface area contributed by atoms with Gasteiger partial charge in [0.1, 0.15) is 0 Å². The van der Waals surface area contributed by atoms with E-state index in [1.54, 1.807) is 11.3 Å². The van der Waals surface area contributed by atoms with Gasteiger partial charge in [0.15, 0.2) is 5.82 Å². The van der Waals surface area contributed by atoms with E-state index < -0.39 is 0 Å². The molecule has 4 heteroatoms. The van der Waals surface area contributed by atoms with E-state index in [2.05, 4.69) is 49.0 Å². The molecule has 0 saturated heterocycles. The smallest absolute Gasteiger partial charge is 0.169 e. The fraction of sp³-hybridized carbons (Fsp3) is 0.429. The van der Waals surface area contributed by atoms with Crippen molar-refractivity contribution in [2.75, 3.05) is 0 Å². The number of aryl methyl sites for hydroxylation is 1. The van der Waals surface area contributed by atoms with Crippen molar-refractivity contribution in [3.8, 4) is 10.7 Å². The zero-order chi connectivity index (χ0) is 13.2. The van der Waals surface area contributed by atoms with Gasteiger partial charge in [-0.05, 0) is 44.7 Å². The Hall–Kier alpha value is -1.26. The lowest BCUT2D eigenvalue weighted by Crippen LogP contribution is -2.35. The molecule has 3 nitrogen and oxygen atoms in total. The number of hydrogen-bond donors (Lipinski definition) is 1. The van der Waals surface area contributed by atoms with E-state index in [1.807, 2.05) is 17.6 Å². The predicted octanol–water partition coefficient (Wildman–Crippen LogP) is 3.40. The first-order valence-electron chi connectivity index (χ1n) is 6.07. The molecule has 2 heterocycles. The van der Waals surface area contributed by atoms with Crippen LogP contribution in [0.1, 0.15) is 32.0 Å². The Balaban J connectivity index is 2.22. The number of thiophene rings is 1. The molecular formula is C14H19N3S. The van der Waals surface area contributed by atoms with Gasteiger partial charge in [0, 0.05) is 18.3 Å². The van der Waals surface area contributed by atoms with E-state index in [9.17, 15) is 0 Å². The van der Waals surface area contributed by atoms with Crippen molar-refractivity contribution in [3.05, 3.63) is 35.0 Å². The molecule has 0 aliphatic rings. The lowest BCUT2D eigenvalue weighted by Gasteiger charge is -2.20. The molecule has 1 N–H and O–H groups in total. The number of aromatic nitrogens is 2. The summed E-state index contributed by atoms with van der Waals surface area (Å²) in [7, 11) is 0. The molecule has 2 aromatic rings. The van der Waals surface area contributed by atoms with Crippen LogP contribution in [0, 0.1) is 6.92 Å². The fourth-order valence-electron chi connectivity index (χ4n) is 1.53. The summed E-state index contributed by atoms with van der Waals surface area (Å²) in [6.07, 6.45) is 1.90. The molecule has 0 fully saturated rings. The summed E-state index contributed by atoms with van der Waals surface area (Å²) in [5.41, 5.74) is 2.30. The predicted molar refractivity (Wildman–Crippen MR) is 76.7 cm³/mol. The Kier molecular flexibility index (Phi) is 3.78. The second kappa shape index (κ2) is 5.16. The Bertz CT molecular complexity index is 512. The third-order valence-electron chi connectivity index (χ3n) is 2.60. The summed E-state index contributed by atoms with van der Waals surface area (Å²) in [6.45, 7) is 9.30. The second-order valence-electron chi connectivity index (χ2n) is 5.40. The first kappa shape index (κ1) is 13.2. The molecular weight excluding hydrogens is 242 g/mol. The van der Waals surface area contributed by atoms with Gasteiger partial charge < -0.3 is 5.32 Å². The van der Waals surface area contributed by atoms with Gasteiger partial charge in [-0.1, -0.05) is 6.07 Å².